The number of rotatable bonds is 8. The van der Waals surface area contributed by atoms with E-state index in [0.29, 0.717) is 17.1 Å². The van der Waals surface area contributed by atoms with Crippen molar-refractivity contribution < 1.29 is 36.4 Å². The molecule has 0 aromatic heterocycles. The van der Waals surface area contributed by atoms with Crippen molar-refractivity contribution in [2.24, 2.45) is 0 Å². The monoisotopic (exact) mass is 401 g/mol. The van der Waals surface area contributed by atoms with Gasteiger partial charge >= 0.3 is 0 Å². The standard InChI is InChI=1S/C16H18FO7PS/c17-13-6-3-8-15(11-13)24-14-7-1-4-12(10-14)5-2-9-16(25(18,19)20)26(21,22)23/h1,3-4,6-8,10-11,16H,2,5,9H2,(H2,18,19,20)(H,21,22,23)/p-3. The topological polar surface area (TPSA) is 130 Å². The average Bonchev–Trinajstić information content (AvgIpc) is 2.49. The van der Waals surface area contributed by atoms with Crippen molar-refractivity contribution in [2.45, 2.75) is 24.3 Å². The Morgan fingerprint density at radius 2 is 1.69 bits per heavy atom. The van der Waals surface area contributed by atoms with Crippen LogP contribution in [-0.4, -0.2) is 18.0 Å². The smallest absolute Gasteiger partial charge is 0.130 e. The number of aryl methyl sites for hydroxylation is 1. The minimum atomic E-state index is -5.54. The third kappa shape index (κ3) is 6.19. The Balaban J connectivity index is 2.01. The first kappa shape index (κ1) is 20.5. The quantitative estimate of drug-likeness (QED) is 0.486. The highest BCUT2D eigenvalue weighted by Gasteiger charge is 2.20. The molecule has 0 amide bonds. The average molecular weight is 401 g/mol. The van der Waals surface area contributed by atoms with Crippen LogP contribution in [0.3, 0.4) is 0 Å². The van der Waals surface area contributed by atoms with Crippen molar-refractivity contribution in [1.29, 1.82) is 0 Å². The molecular formula is C16H15FO7PS-3. The molecule has 0 aliphatic carbocycles. The summed E-state index contributed by atoms with van der Waals surface area (Å²) in [7, 11) is -10.8. The van der Waals surface area contributed by atoms with Crippen LogP contribution in [0.4, 0.5) is 4.39 Å². The molecule has 0 N–H and O–H groups in total. The lowest BCUT2D eigenvalue weighted by atomic mass is 10.1. The Bertz CT molecular complexity index is 910. The highest BCUT2D eigenvalue weighted by atomic mass is 32.2. The van der Waals surface area contributed by atoms with Gasteiger partial charge in [-0.25, -0.2) is 12.8 Å². The maximum atomic E-state index is 13.2. The molecule has 142 valence electrons. The van der Waals surface area contributed by atoms with Crippen LogP contribution in [0, 0.1) is 5.82 Å². The Labute approximate surface area is 150 Å². The summed E-state index contributed by atoms with van der Waals surface area (Å²) in [6, 6.07) is 12.1. The lowest BCUT2D eigenvalue weighted by Crippen LogP contribution is -2.32. The predicted octanol–water partition coefficient (Wildman–Crippen LogP) is 1.73. The zero-order chi connectivity index (χ0) is 19.4. The lowest BCUT2D eigenvalue weighted by Gasteiger charge is -2.39. The Morgan fingerprint density at radius 1 is 1.08 bits per heavy atom. The van der Waals surface area contributed by atoms with Gasteiger partial charge in [0.2, 0.25) is 0 Å². The molecule has 0 fully saturated rings. The molecule has 0 saturated carbocycles. The maximum Gasteiger partial charge on any atom is 0.130 e. The summed E-state index contributed by atoms with van der Waals surface area (Å²) in [5.74, 6) is 0.237. The van der Waals surface area contributed by atoms with Crippen molar-refractivity contribution in [3.8, 4) is 11.5 Å². The van der Waals surface area contributed by atoms with Gasteiger partial charge in [0.15, 0.2) is 0 Å². The largest absolute Gasteiger partial charge is 0.810 e. The van der Waals surface area contributed by atoms with E-state index in [9.17, 15) is 31.7 Å². The fourth-order valence-electron chi connectivity index (χ4n) is 2.37. The fourth-order valence-corrected chi connectivity index (χ4v) is 4.59. The summed E-state index contributed by atoms with van der Waals surface area (Å²) in [5.41, 5.74) is 0.674. The van der Waals surface area contributed by atoms with Gasteiger partial charge in [-0.15, -0.1) is 0 Å². The van der Waals surface area contributed by atoms with Crippen LogP contribution in [0.1, 0.15) is 18.4 Å². The van der Waals surface area contributed by atoms with Crippen LogP contribution in [0.2, 0.25) is 0 Å². The van der Waals surface area contributed by atoms with Crippen molar-refractivity contribution in [3.63, 3.8) is 0 Å². The molecule has 2 rings (SSSR count). The first-order valence-electron chi connectivity index (χ1n) is 7.54. The summed E-state index contributed by atoms with van der Waals surface area (Å²) in [6.45, 7) is 0. The van der Waals surface area contributed by atoms with E-state index in [1.54, 1.807) is 30.3 Å². The fraction of sp³-hybridized carbons (Fsp3) is 0.250. The molecule has 0 heterocycles. The van der Waals surface area contributed by atoms with Crippen LogP contribution in [-0.2, 0) is 21.1 Å². The van der Waals surface area contributed by atoms with Gasteiger partial charge in [-0.3, -0.25) is 0 Å². The molecule has 0 spiro atoms. The highest BCUT2D eigenvalue weighted by Crippen LogP contribution is 2.38. The molecule has 2 aromatic rings. The van der Waals surface area contributed by atoms with Gasteiger partial charge in [-0.2, -0.15) is 0 Å². The number of hydrogen-bond acceptors (Lipinski definition) is 7. The summed E-state index contributed by atoms with van der Waals surface area (Å²) >= 11 is 0. The normalized spacial score (nSPS) is 13.4. The maximum absolute atomic E-state index is 13.2. The molecule has 0 saturated heterocycles. The van der Waals surface area contributed by atoms with Gasteiger partial charge < -0.3 is 23.6 Å². The van der Waals surface area contributed by atoms with Crippen LogP contribution < -0.4 is 14.5 Å². The van der Waals surface area contributed by atoms with Crippen molar-refractivity contribution in [3.05, 3.63) is 59.9 Å². The van der Waals surface area contributed by atoms with Crippen LogP contribution in [0.15, 0.2) is 48.5 Å². The highest BCUT2D eigenvalue weighted by molar-refractivity contribution is 7.93. The van der Waals surface area contributed by atoms with E-state index in [1.807, 2.05) is 0 Å². The van der Waals surface area contributed by atoms with Crippen LogP contribution >= 0.6 is 7.60 Å². The van der Waals surface area contributed by atoms with Gasteiger partial charge in [0.1, 0.15) is 27.4 Å². The van der Waals surface area contributed by atoms with E-state index in [1.165, 1.54) is 18.2 Å². The Morgan fingerprint density at radius 3 is 2.27 bits per heavy atom. The molecule has 1 atom stereocenters. The molecule has 10 heteroatoms. The van der Waals surface area contributed by atoms with Gasteiger partial charge in [0, 0.05) is 6.07 Å². The van der Waals surface area contributed by atoms with E-state index in [0.717, 1.165) is 0 Å². The molecule has 0 bridgehead atoms. The Kier molecular flexibility index (Phi) is 6.54. The van der Waals surface area contributed by atoms with Gasteiger partial charge in [-0.05, 0) is 49.1 Å². The van der Waals surface area contributed by atoms with Crippen LogP contribution in [0.25, 0.3) is 0 Å². The van der Waals surface area contributed by atoms with E-state index in [2.05, 4.69) is 0 Å². The van der Waals surface area contributed by atoms with Gasteiger partial charge in [-0.1, -0.05) is 25.8 Å². The minimum Gasteiger partial charge on any atom is -0.810 e. The second kappa shape index (κ2) is 8.28. The van der Waals surface area contributed by atoms with Crippen molar-refractivity contribution in [2.75, 3.05) is 0 Å². The van der Waals surface area contributed by atoms with Crippen molar-refractivity contribution in [1.82, 2.24) is 0 Å². The predicted molar refractivity (Wildman–Crippen MR) is 86.9 cm³/mol. The number of halogens is 1. The summed E-state index contributed by atoms with van der Waals surface area (Å²) in [5, 5.41) is 0. The first-order chi connectivity index (χ1) is 12.1. The van der Waals surface area contributed by atoms with Crippen molar-refractivity contribution >= 4 is 17.7 Å². The molecule has 26 heavy (non-hydrogen) atoms. The molecule has 0 radical (unpaired) electrons. The zero-order valence-electron chi connectivity index (χ0n) is 13.4. The minimum absolute atomic E-state index is 0.00399. The van der Waals surface area contributed by atoms with E-state index < -0.39 is 34.9 Å². The van der Waals surface area contributed by atoms with Gasteiger partial charge in [0.25, 0.3) is 0 Å². The third-order valence-corrected chi connectivity index (χ3v) is 6.95. The van der Waals surface area contributed by atoms with E-state index in [4.69, 9.17) is 4.74 Å². The molecule has 2 aromatic carbocycles. The third-order valence-electron chi connectivity index (χ3n) is 3.53. The summed E-state index contributed by atoms with van der Waals surface area (Å²) in [4.78, 5) is 19.4. The number of ether oxygens (including phenoxy) is 1. The Hall–Kier alpha value is -1.77. The molecule has 7 nitrogen and oxygen atoms in total. The molecule has 0 aliphatic rings. The molecule has 1 unspecified atom stereocenters. The summed E-state index contributed by atoms with van der Waals surface area (Å²) < 4.78 is 62.4. The van der Waals surface area contributed by atoms with E-state index in [-0.39, 0.29) is 12.8 Å². The molecule has 0 aliphatic heterocycles. The first-order valence-corrected chi connectivity index (χ1v) is 10.6. The van der Waals surface area contributed by atoms with Crippen LogP contribution in [0.5, 0.6) is 11.5 Å². The number of benzene rings is 2. The zero-order valence-corrected chi connectivity index (χ0v) is 15.1. The van der Waals surface area contributed by atoms with E-state index >= 15 is 0 Å². The SMILES string of the molecule is O=P([O-])([O-])C(CCCc1cccc(Oc2cccc(F)c2)c1)S(=O)(=O)[O-]. The molecular weight excluding hydrogens is 386 g/mol. The summed E-state index contributed by atoms with van der Waals surface area (Å²) in [6.07, 6.45) is -0.346. The lowest BCUT2D eigenvalue weighted by molar-refractivity contribution is -0.314. The van der Waals surface area contributed by atoms with Gasteiger partial charge in [0.05, 0.1) is 4.99 Å². The number of hydrogen-bond donors (Lipinski definition) is 0. The second-order valence-corrected chi connectivity index (χ2v) is 9.19. The second-order valence-electron chi connectivity index (χ2n) is 5.59.